The maximum atomic E-state index is 12.3. The summed E-state index contributed by atoms with van der Waals surface area (Å²) in [6.45, 7) is 4.98. The van der Waals surface area contributed by atoms with Crippen LogP contribution < -0.4 is 10.6 Å². The molecule has 1 unspecified atom stereocenters. The second kappa shape index (κ2) is 11.0. The van der Waals surface area contributed by atoms with Gasteiger partial charge in [0.2, 0.25) is 11.8 Å². The molecule has 0 fully saturated rings. The van der Waals surface area contributed by atoms with Gasteiger partial charge in [0.25, 0.3) is 0 Å². The first-order chi connectivity index (χ1) is 10.1. The van der Waals surface area contributed by atoms with Gasteiger partial charge in [0.15, 0.2) is 0 Å². The molecule has 0 spiro atoms. The average Bonchev–Trinajstić information content (AvgIpc) is 2.50. The van der Waals surface area contributed by atoms with E-state index in [0.717, 1.165) is 12.1 Å². The zero-order valence-electron chi connectivity index (χ0n) is 13.5. The number of nitrogens with one attached hydrogen (secondary N) is 2. The van der Waals surface area contributed by atoms with Gasteiger partial charge in [0.1, 0.15) is 6.04 Å². The van der Waals surface area contributed by atoms with Crippen molar-refractivity contribution in [3.63, 3.8) is 0 Å². The summed E-state index contributed by atoms with van der Waals surface area (Å²) in [5, 5.41) is 5.80. The van der Waals surface area contributed by atoms with E-state index < -0.39 is 6.04 Å². The molecule has 0 aliphatic rings. The van der Waals surface area contributed by atoms with Crippen LogP contribution in [0.1, 0.15) is 26.7 Å². The molecule has 2 N–H and O–H groups in total. The molecule has 0 aliphatic carbocycles. The minimum absolute atomic E-state index is 0. The van der Waals surface area contributed by atoms with E-state index >= 15 is 0 Å². The van der Waals surface area contributed by atoms with Gasteiger partial charge in [-0.2, -0.15) is 0 Å². The molecule has 22 heavy (non-hydrogen) atoms. The number of rotatable bonds is 8. The number of anilines is 1. The Hall–Kier alpha value is -1.59. The van der Waals surface area contributed by atoms with E-state index in [1.165, 1.54) is 0 Å². The van der Waals surface area contributed by atoms with Crippen molar-refractivity contribution in [2.45, 2.75) is 32.7 Å². The van der Waals surface area contributed by atoms with Crippen molar-refractivity contribution < 1.29 is 9.59 Å². The van der Waals surface area contributed by atoms with Gasteiger partial charge in [-0.1, -0.05) is 25.1 Å². The van der Waals surface area contributed by atoms with Crippen LogP contribution in [0.3, 0.4) is 0 Å². The van der Waals surface area contributed by atoms with E-state index in [1.54, 1.807) is 11.8 Å². The van der Waals surface area contributed by atoms with E-state index in [0.29, 0.717) is 19.5 Å². The van der Waals surface area contributed by atoms with Gasteiger partial charge < -0.3 is 15.5 Å². The van der Waals surface area contributed by atoms with Gasteiger partial charge in [-0.25, -0.2) is 0 Å². The SMILES string of the molecule is CCCN(C(=O)CCNC)C(C)C(=O)Nc1ccccc1.Cl. The first kappa shape index (κ1) is 20.4. The molecule has 1 aromatic rings. The van der Waals surface area contributed by atoms with Gasteiger partial charge in [-0.15, -0.1) is 12.4 Å². The molecule has 6 heteroatoms. The monoisotopic (exact) mass is 327 g/mol. The zero-order valence-corrected chi connectivity index (χ0v) is 14.3. The van der Waals surface area contributed by atoms with Crippen molar-refractivity contribution in [1.29, 1.82) is 0 Å². The zero-order chi connectivity index (χ0) is 15.7. The number of hydrogen-bond acceptors (Lipinski definition) is 3. The van der Waals surface area contributed by atoms with Gasteiger partial charge in [-0.05, 0) is 32.5 Å². The van der Waals surface area contributed by atoms with Crippen molar-refractivity contribution in [2.75, 3.05) is 25.5 Å². The summed E-state index contributed by atoms with van der Waals surface area (Å²) in [5.74, 6) is -0.158. The van der Waals surface area contributed by atoms with E-state index in [9.17, 15) is 9.59 Å². The molecule has 1 aromatic carbocycles. The standard InChI is InChI=1S/C16H25N3O2.ClH/c1-4-12-19(15(20)10-11-17-3)13(2)16(21)18-14-8-6-5-7-9-14;/h5-9,13,17H,4,10-12H2,1-3H3,(H,18,21);1H. The lowest BCUT2D eigenvalue weighted by molar-refractivity contribution is -0.138. The van der Waals surface area contributed by atoms with Crippen molar-refractivity contribution in [3.05, 3.63) is 30.3 Å². The Kier molecular flexibility index (Phi) is 10.2. The normalized spacial score (nSPS) is 11.2. The molecule has 2 amide bonds. The van der Waals surface area contributed by atoms with Crippen molar-refractivity contribution in [1.82, 2.24) is 10.2 Å². The average molecular weight is 328 g/mol. The van der Waals surface area contributed by atoms with Crippen LogP contribution in [0.2, 0.25) is 0 Å². The largest absolute Gasteiger partial charge is 0.331 e. The van der Waals surface area contributed by atoms with Crippen LogP contribution in [0.5, 0.6) is 0 Å². The summed E-state index contributed by atoms with van der Waals surface area (Å²) in [5.41, 5.74) is 0.744. The topological polar surface area (TPSA) is 61.4 Å². The fourth-order valence-corrected chi connectivity index (χ4v) is 2.06. The number of carbonyl (C=O) groups is 2. The Bertz CT molecular complexity index is 454. The van der Waals surface area contributed by atoms with Gasteiger partial charge in [-0.3, -0.25) is 9.59 Å². The molecule has 1 rings (SSSR count). The summed E-state index contributed by atoms with van der Waals surface area (Å²) in [6.07, 6.45) is 1.23. The van der Waals surface area contributed by atoms with Crippen LogP contribution in [0.25, 0.3) is 0 Å². The Balaban J connectivity index is 0.00000441. The van der Waals surface area contributed by atoms with Crippen molar-refractivity contribution >= 4 is 29.9 Å². The third-order valence-electron chi connectivity index (χ3n) is 3.26. The summed E-state index contributed by atoms with van der Waals surface area (Å²) in [4.78, 5) is 26.1. The number of carbonyl (C=O) groups excluding carboxylic acids is 2. The number of benzene rings is 1. The van der Waals surface area contributed by atoms with E-state index in [1.807, 2.05) is 44.3 Å². The Morgan fingerprint density at radius 1 is 1.23 bits per heavy atom. The smallest absolute Gasteiger partial charge is 0.246 e. The molecule has 0 radical (unpaired) electrons. The number of para-hydroxylation sites is 1. The Morgan fingerprint density at radius 3 is 2.41 bits per heavy atom. The van der Waals surface area contributed by atoms with Gasteiger partial charge >= 0.3 is 0 Å². The lowest BCUT2D eigenvalue weighted by Gasteiger charge is -2.28. The Labute approximate surface area is 138 Å². The maximum absolute atomic E-state index is 12.3. The predicted molar refractivity (Wildman–Crippen MR) is 92.3 cm³/mol. The highest BCUT2D eigenvalue weighted by Gasteiger charge is 2.24. The molecule has 0 heterocycles. The lowest BCUT2D eigenvalue weighted by Crippen LogP contribution is -2.46. The molecule has 1 atom stereocenters. The number of halogens is 1. The second-order valence-electron chi connectivity index (χ2n) is 4.97. The number of nitrogens with zero attached hydrogens (tertiary/aromatic N) is 1. The van der Waals surface area contributed by atoms with Crippen molar-refractivity contribution in [2.24, 2.45) is 0 Å². The van der Waals surface area contributed by atoms with Crippen LogP contribution in [0.15, 0.2) is 30.3 Å². The molecular formula is C16H26ClN3O2. The summed E-state index contributed by atoms with van der Waals surface area (Å²) < 4.78 is 0. The first-order valence-corrected chi connectivity index (χ1v) is 7.40. The Morgan fingerprint density at radius 2 is 1.86 bits per heavy atom. The molecular weight excluding hydrogens is 302 g/mol. The van der Waals surface area contributed by atoms with Crippen LogP contribution >= 0.6 is 12.4 Å². The molecule has 0 aromatic heterocycles. The van der Waals surface area contributed by atoms with Crippen LogP contribution in [-0.2, 0) is 9.59 Å². The maximum Gasteiger partial charge on any atom is 0.246 e. The van der Waals surface area contributed by atoms with E-state index in [4.69, 9.17) is 0 Å². The van der Waals surface area contributed by atoms with Crippen LogP contribution in [-0.4, -0.2) is 42.9 Å². The first-order valence-electron chi connectivity index (χ1n) is 7.40. The lowest BCUT2D eigenvalue weighted by atomic mass is 10.2. The molecule has 0 saturated carbocycles. The number of hydrogen-bond donors (Lipinski definition) is 2. The third-order valence-corrected chi connectivity index (χ3v) is 3.26. The molecule has 0 saturated heterocycles. The van der Waals surface area contributed by atoms with Crippen LogP contribution in [0, 0.1) is 0 Å². The number of amides is 2. The minimum atomic E-state index is -0.477. The third kappa shape index (κ3) is 6.45. The molecule has 5 nitrogen and oxygen atoms in total. The highest BCUT2D eigenvalue weighted by molar-refractivity contribution is 5.96. The highest BCUT2D eigenvalue weighted by Crippen LogP contribution is 2.09. The molecule has 0 bridgehead atoms. The summed E-state index contributed by atoms with van der Waals surface area (Å²) in [7, 11) is 1.81. The fraction of sp³-hybridized carbons (Fsp3) is 0.500. The molecule has 124 valence electrons. The fourth-order valence-electron chi connectivity index (χ4n) is 2.06. The predicted octanol–water partition coefficient (Wildman–Crippen LogP) is 2.28. The minimum Gasteiger partial charge on any atom is -0.331 e. The van der Waals surface area contributed by atoms with Gasteiger partial charge in [0, 0.05) is 25.2 Å². The van der Waals surface area contributed by atoms with Crippen molar-refractivity contribution in [3.8, 4) is 0 Å². The van der Waals surface area contributed by atoms with Gasteiger partial charge in [0.05, 0.1) is 0 Å². The summed E-state index contributed by atoms with van der Waals surface area (Å²) >= 11 is 0. The molecule has 0 aliphatic heterocycles. The quantitative estimate of drug-likeness (QED) is 0.770. The van der Waals surface area contributed by atoms with E-state index in [-0.39, 0.29) is 24.2 Å². The van der Waals surface area contributed by atoms with Crippen LogP contribution in [0.4, 0.5) is 5.69 Å². The van der Waals surface area contributed by atoms with E-state index in [2.05, 4.69) is 10.6 Å². The second-order valence-corrected chi connectivity index (χ2v) is 4.97. The summed E-state index contributed by atoms with van der Waals surface area (Å²) in [6, 6.07) is 8.80. The highest BCUT2D eigenvalue weighted by atomic mass is 35.5.